The van der Waals surface area contributed by atoms with Crippen molar-refractivity contribution in [3.05, 3.63) is 59.9 Å². The lowest BCUT2D eigenvalue weighted by Gasteiger charge is -2.22. The number of hydrogen-bond donors (Lipinski definition) is 1. The van der Waals surface area contributed by atoms with Crippen LogP contribution >= 0.6 is 0 Å². The predicted octanol–water partition coefficient (Wildman–Crippen LogP) is 3.43. The van der Waals surface area contributed by atoms with Gasteiger partial charge < -0.3 is 5.32 Å². The number of carbonyl (C=O) groups is 1. The Kier molecular flexibility index (Phi) is 6.04. The molecule has 0 aromatic heterocycles. The standard InChI is InChI=1S/C19H19F3N2O3S/c20-14-7-5-13(6-8-14)11-24(15-9-10-15)12-18(25)23-16-3-1-2-4-17(16)28(26,27)19(21)22/h1-8,15,19H,9-12H2,(H,23,25). The van der Waals surface area contributed by atoms with E-state index in [1.54, 1.807) is 12.1 Å². The first-order valence-electron chi connectivity index (χ1n) is 8.67. The second-order valence-electron chi connectivity index (χ2n) is 6.61. The van der Waals surface area contributed by atoms with Gasteiger partial charge in [-0.15, -0.1) is 0 Å². The number of halogens is 3. The van der Waals surface area contributed by atoms with Crippen molar-refractivity contribution in [1.29, 1.82) is 0 Å². The van der Waals surface area contributed by atoms with E-state index >= 15 is 0 Å². The highest BCUT2D eigenvalue weighted by molar-refractivity contribution is 7.91. The first-order chi connectivity index (χ1) is 13.3. The van der Waals surface area contributed by atoms with Gasteiger partial charge in [-0.05, 0) is 42.7 Å². The number of nitrogens with zero attached hydrogens (tertiary/aromatic N) is 1. The van der Waals surface area contributed by atoms with E-state index in [0.717, 1.165) is 24.5 Å². The Hall–Kier alpha value is -2.39. The van der Waals surface area contributed by atoms with E-state index in [0.29, 0.717) is 6.54 Å². The Morgan fingerprint density at radius 3 is 2.36 bits per heavy atom. The number of hydrogen-bond acceptors (Lipinski definition) is 4. The molecule has 9 heteroatoms. The Morgan fingerprint density at radius 1 is 1.11 bits per heavy atom. The van der Waals surface area contributed by atoms with Crippen molar-refractivity contribution in [1.82, 2.24) is 4.90 Å². The monoisotopic (exact) mass is 412 g/mol. The van der Waals surface area contributed by atoms with Gasteiger partial charge in [-0.2, -0.15) is 8.78 Å². The smallest absolute Gasteiger partial charge is 0.324 e. The second kappa shape index (κ2) is 8.32. The normalized spacial score (nSPS) is 14.5. The molecular weight excluding hydrogens is 393 g/mol. The van der Waals surface area contributed by atoms with Crippen molar-refractivity contribution in [3.8, 4) is 0 Å². The molecule has 0 saturated heterocycles. The number of nitrogens with one attached hydrogen (secondary N) is 1. The number of sulfone groups is 1. The molecule has 5 nitrogen and oxygen atoms in total. The number of alkyl halides is 2. The molecule has 2 aromatic carbocycles. The van der Waals surface area contributed by atoms with Gasteiger partial charge in [0.25, 0.3) is 0 Å². The third-order valence-corrected chi connectivity index (χ3v) is 5.85. The van der Waals surface area contributed by atoms with Gasteiger partial charge in [0.05, 0.1) is 17.1 Å². The second-order valence-corrected chi connectivity index (χ2v) is 8.50. The maximum atomic E-state index is 13.1. The first-order valence-corrected chi connectivity index (χ1v) is 10.2. The number of anilines is 1. The average molecular weight is 412 g/mol. The maximum Gasteiger partial charge on any atom is 0.341 e. The zero-order valence-corrected chi connectivity index (χ0v) is 15.6. The molecule has 0 atom stereocenters. The Bertz CT molecular complexity index is 945. The van der Waals surface area contributed by atoms with Crippen molar-refractivity contribution in [2.45, 2.75) is 36.1 Å². The lowest BCUT2D eigenvalue weighted by molar-refractivity contribution is -0.117. The Morgan fingerprint density at radius 2 is 1.75 bits per heavy atom. The molecular formula is C19H19F3N2O3S. The van der Waals surface area contributed by atoms with E-state index in [9.17, 15) is 26.4 Å². The SMILES string of the molecule is O=C(CN(Cc1ccc(F)cc1)C1CC1)Nc1ccccc1S(=O)(=O)C(F)F. The zero-order chi connectivity index (χ0) is 20.3. The van der Waals surface area contributed by atoms with Gasteiger partial charge in [0, 0.05) is 12.6 Å². The summed E-state index contributed by atoms with van der Waals surface area (Å²) in [5.41, 5.74) is 0.659. The molecule has 3 rings (SSSR count). The largest absolute Gasteiger partial charge is 0.341 e. The van der Waals surface area contributed by atoms with Crippen LogP contribution in [0.1, 0.15) is 18.4 Å². The van der Waals surface area contributed by atoms with Gasteiger partial charge in [-0.25, -0.2) is 12.8 Å². The van der Waals surface area contributed by atoms with Crippen LogP contribution in [0, 0.1) is 5.82 Å². The van der Waals surface area contributed by atoms with Crippen LogP contribution in [0.2, 0.25) is 0 Å². The molecule has 1 aliphatic carbocycles. The number of rotatable bonds is 8. The van der Waals surface area contributed by atoms with Gasteiger partial charge >= 0.3 is 5.76 Å². The van der Waals surface area contributed by atoms with Crippen LogP contribution in [0.5, 0.6) is 0 Å². The summed E-state index contributed by atoms with van der Waals surface area (Å²) in [5, 5.41) is 2.43. The van der Waals surface area contributed by atoms with Crippen LogP contribution in [0.3, 0.4) is 0 Å². The predicted molar refractivity (Wildman–Crippen MR) is 98.1 cm³/mol. The molecule has 1 fully saturated rings. The molecule has 0 spiro atoms. The van der Waals surface area contributed by atoms with E-state index in [1.807, 2.05) is 4.90 Å². The van der Waals surface area contributed by atoms with Gasteiger partial charge in [0.2, 0.25) is 15.7 Å². The zero-order valence-electron chi connectivity index (χ0n) is 14.8. The molecule has 1 aliphatic rings. The minimum absolute atomic E-state index is 0.0366. The summed E-state index contributed by atoms with van der Waals surface area (Å²) >= 11 is 0. The van der Waals surface area contributed by atoms with Crippen LogP contribution in [0.4, 0.5) is 18.9 Å². The Labute approximate surface area is 161 Å². The Balaban J connectivity index is 1.71. The molecule has 0 radical (unpaired) electrons. The minimum Gasteiger partial charge on any atom is -0.324 e. The molecule has 0 heterocycles. The number of benzene rings is 2. The molecule has 1 N–H and O–H groups in total. The van der Waals surface area contributed by atoms with Gasteiger partial charge in [0.15, 0.2) is 0 Å². The number of para-hydroxylation sites is 1. The van der Waals surface area contributed by atoms with Crippen molar-refractivity contribution in [2.24, 2.45) is 0 Å². The summed E-state index contributed by atoms with van der Waals surface area (Å²) in [6.07, 6.45) is 1.84. The lowest BCUT2D eigenvalue weighted by Crippen LogP contribution is -2.34. The van der Waals surface area contributed by atoms with Crippen LogP contribution < -0.4 is 5.32 Å². The summed E-state index contributed by atoms with van der Waals surface area (Å²) < 4.78 is 62.4. The van der Waals surface area contributed by atoms with Gasteiger partial charge in [-0.1, -0.05) is 24.3 Å². The van der Waals surface area contributed by atoms with E-state index < -0.39 is 26.4 Å². The van der Waals surface area contributed by atoms with Crippen LogP contribution in [0.25, 0.3) is 0 Å². The molecule has 1 saturated carbocycles. The van der Waals surface area contributed by atoms with Crippen molar-refractivity contribution >= 4 is 21.4 Å². The summed E-state index contributed by atoms with van der Waals surface area (Å²) in [6, 6.07) is 11.2. The van der Waals surface area contributed by atoms with E-state index in [-0.39, 0.29) is 24.1 Å². The van der Waals surface area contributed by atoms with Crippen molar-refractivity contribution in [3.63, 3.8) is 0 Å². The summed E-state index contributed by atoms with van der Waals surface area (Å²) in [7, 11) is -4.84. The molecule has 0 aliphatic heterocycles. The molecule has 1 amide bonds. The van der Waals surface area contributed by atoms with E-state index in [2.05, 4.69) is 5.32 Å². The summed E-state index contributed by atoms with van der Waals surface area (Å²) in [5.74, 6) is -4.44. The molecule has 0 unspecified atom stereocenters. The number of amides is 1. The maximum absolute atomic E-state index is 13.1. The average Bonchev–Trinajstić information content (AvgIpc) is 3.48. The third-order valence-electron chi connectivity index (χ3n) is 4.41. The topological polar surface area (TPSA) is 66.5 Å². The highest BCUT2D eigenvalue weighted by Crippen LogP contribution is 2.29. The van der Waals surface area contributed by atoms with E-state index in [4.69, 9.17) is 0 Å². The van der Waals surface area contributed by atoms with Crippen LogP contribution in [-0.2, 0) is 21.2 Å². The first kappa shape index (κ1) is 20.3. The highest BCUT2D eigenvalue weighted by atomic mass is 32.2. The number of carbonyl (C=O) groups excluding carboxylic acids is 1. The van der Waals surface area contributed by atoms with Gasteiger partial charge in [-0.3, -0.25) is 9.69 Å². The molecule has 28 heavy (non-hydrogen) atoms. The lowest BCUT2D eigenvalue weighted by atomic mass is 10.2. The van der Waals surface area contributed by atoms with E-state index in [1.165, 1.54) is 30.3 Å². The highest BCUT2D eigenvalue weighted by Gasteiger charge is 2.32. The summed E-state index contributed by atoms with van der Waals surface area (Å²) in [6.45, 7) is 0.389. The van der Waals surface area contributed by atoms with Gasteiger partial charge in [0.1, 0.15) is 5.82 Å². The van der Waals surface area contributed by atoms with Crippen LogP contribution in [0.15, 0.2) is 53.4 Å². The third kappa shape index (κ3) is 4.90. The molecule has 0 bridgehead atoms. The fraction of sp³-hybridized carbons (Fsp3) is 0.316. The summed E-state index contributed by atoms with van der Waals surface area (Å²) in [4.78, 5) is 13.7. The quantitative estimate of drug-likeness (QED) is 0.722. The van der Waals surface area contributed by atoms with Crippen molar-refractivity contribution < 1.29 is 26.4 Å². The fourth-order valence-corrected chi connectivity index (χ4v) is 3.75. The fourth-order valence-electron chi connectivity index (χ4n) is 2.87. The molecule has 150 valence electrons. The van der Waals surface area contributed by atoms with Crippen molar-refractivity contribution in [2.75, 3.05) is 11.9 Å². The molecule has 2 aromatic rings. The van der Waals surface area contributed by atoms with Crippen LogP contribution in [-0.4, -0.2) is 37.6 Å². The minimum atomic E-state index is -4.84.